The summed E-state index contributed by atoms with van der Waals surface area (Å²) in [5.41, 5.74) is 2.80. The smallest absolute Gasteiger partial charge is 0.204 e. The number of hydrogen-bond donors (Lipinski definition) is 2. The molecule has 8 nitrogen and oxygen atoms in total. The van der Waals surface area contributed by atoms with Gasteiger partial charge in [0.05, 0.1) is 5.56 Å². The van der Waals surface area contributed by atoms with Crippen LogP contribution in [0.15, 0.2) is 60.7 Å². The Kier molecular flexibility index (Phi) is 6.64. The highest BCUT2D eigenvalue weighted by Crippen LogP contribution is 2.30. The minimum absolute atomic E-state index is 0.0551. The fourth-order valence-electron chi connectivity index (χ4n) is 3.48. The van der Waals surface area contributed by atoms with Crippen molar-refractivity contribution in [2.75, 3.05) is 0 Å². The van der Waals surface area contributed by atoms with Crippen LogP contribution in [0, 0.1) is 0 Å². The zero-order chi connectivity index (χ0) is 23.2. The molecule has 0 aliphatic rings. The lowest BCUT2D eigenvalue weighted by Gasteiger charge is -2.15. The molecule has 0 bridgehead atoms. The lowest BCUT2D eigenvalue weighted by Crippen LogP contribution is -2.04. The van der Waals surface area contributed by atoms with Gasteiger partial charge < -0.3 is 14.6 Å². The van der Waals surface area contributed by atoms with Gasteiger partial charge in [-0.05, 0) is 78.7 Å². The predicted octanol–water partition coefficient (Wildman–Crippen LogP) is 5.10. The molecule has 4 aromatic rings. The standard InChI is InChI=1S/C25H24N4O4/c1-3-4-23-18(7-14-22(16(2)30)24(23)31)15-32-19-10-12-21(13-11-19)33-20-8-5-17(6-9-20)25-26-28-29-27-25/h5-14,31H,3-4,15H2,1-2H3,(H,26,27,28,29). The molecule has 0 unspecified atom stereocenters. The summed E-state index contributed by atoms with van der Waals surface area (Å²) in [7, 11) is 0. The molecule has 1 heterocycles. The maximum Gasteiger partial charge on any atom is 0.204 e. The summed E-state index contributed by atoms with van der Waals surface area (Å²) >= 11 is 0. The molecule has 4 rings (SSSR count). The summed E-state index contributed by atoms with van der Waals surface area (Å²) in [6, 6.07) is 18.2. The summed E-state index contributed by atoms with van der Waals surface area (Å²) in [6.07, 6.45) is 1.52. The van der Waals surface area contributed by atoms with Crippen molar-refractivity contribution >= 4 is 5.78 Å². The van der Waals surface area contributed by atoms with Crippen molar-refractivity contribution in [2.24, 2.45) is 0 Å². The Bertz CT molecular complexity index is 1220. The Morgan fingerprint density at radius 3 is 2.24 bits per heavy atom. The van der Waals surface area contributed by atoms with E-state index in [-0.39, 0.29) is 11.5 Å². The average Bonchev–Trinajstić information content (AvgIpc) is 3.36. The summed E-state index contributed by atoms with van der Waals surface area (Å²) in [4.78, 5) is 11.7. The number of ether oxygens (including phenoxy) is 2. The number of nitrogens with zero attached hydrogens (tertiary/aromatic N) is 3. The van der Waals surface area contributed by atoms with Crippen molar-refractivity contribution in [1.82, 2.24) is 20.6 Å². The van der Waals surface area contributed by atoms with E-state index in [1.165, 1.54) is 6.92 Å². The van der Waals surface area contributed by atoms with E-state index >= 15 is 0 Å². The Labute approximate surface area is 191 Å². The van der Waals surface area contributed by atoms with Crippen LogP contribution in [0.3, 0.4) is 0 Å². The van der Waals surface area contributed by atoms with E-state index in [1.54, 1.807) is 6.07 Å². The minimum atomic E-state index is -0.155. The summed E-state index contributed by atoms with van der Waals surface area (Å²) in [5, 5.41) is 24.4. The molecule has 2 N–H and O–H groups in total. The predicted molar refractivity (Wildman–Crippen MR) is 123 cm³/mol. The fraction of sp³-hybridized carbons (Fsp3) is 0.200. The van der Waals surface area contributed by atoms with Gasteiger partial charge >= 0.3 is 0 Å². The third kappa shape index (κ3) is 5.17. The Morgan fingerprint density at radius 2 is 1.64 bits per heavy atom. The number of carbonyl (C=O) groups excluding carboxylic acids is 1. The number of rotatable bonds is 9. The second kappa shape index (κ2) is 9.95. The zero-order valence-electron chi connectivity index (χ0n) is 18.4. The lowest BCUT2D eigenvalue weighted by molar-refractivity contribution is 0.101. The van der Waals surface area contributed by atoms with Crippen LogP contribution in [0.25, 0.3) is 11.4 Å². The first-order valence-electron chi connectivity index (χ1n) is 10.6. The van der Waals surface area contributed by atoms with E-state index in [0.29, 0.717) is 41.7 Å². The van der Waals surface area contributed by atoms with Crippen LogP contribution in [0.1, 0.15) is 41.8 Å². The molecule has 168 valence electrons. The number of aromatic amines is 1. The molecule has 0 saturated heterocycles. The number of aromatic hydroxyl groups is 1. The van der Waals surface area contributed by atoms with Crippen LogP contribution in [-0.4, -0.2) is 31.5 Å². The normalized spacial score (nSPS) is 10.7. The second-order valence-corrected chi connectivity index (χ2v) is 7.53. The topological polar surface area (TPSA) is 110 Å². The second-order valence-electron chi connectivity index (χ2n) is 7.53. The Balaban J connectivity index is 1.40. The first kappa shape index (κ1) is 22.0. The van der Waals surface area contributed by atoms with Gasteiger partial charge in [-0.15, -0.1) is 10.2 Å². The van der Waals surface area contributed by atoms with Gasteiger partial charge in [0, 0.05) is 11.1 Å². The highest BCUT2D eigenvalue weighted by atomic mass is 16.5. The van der Waals surface area contributed by atoms with Crippen molar-refractivity contribution in [2.45, 2.75) is 33.3 Å². The number of phenolic OH excluding ortho intramolecular Hbond substituents is 1. The van der Waals surface area contributed by atoms with Crippen LogP contribution in [0.2, 0.25) is 0 Å². The van der Waals surface area contributed by atoms with E-state index in [4.69, 9.17) is 9.47 Å². The van der Waals surface area contributed by atoms with Crippen LogP contribution < -0.4 is 9.47 Å². The number of phenols is 1. The van der Waals surface area contributed by atoms with E-state index in [0.717, 1.165) is 23.1 Å². The number of H-pyrrole nitrogens is 1. The van der Waals surface area contributed by atoms with Crippen LogP contribution in [0.4, 0.5) is 0 Å². The SMILES string of the molecule is CCCc1c(COc2ccc(Oc3ccc(-c4nn[nH]n4)cc3)cc2)ccc(C(C)=O)c1O. The molecule has 0 radical (unpaired) electrons. The molecular formula is C25H24N4O4. The molecule has 0 aliphatic carbocycles. The summed E-state index contributed by atoms with van der Waals surface area (Å²) < 4.78 is 11.8. The van der Waals surface area contributed by atoms with Gasteiger partial charge in [0.2, 0.25) is 5.82 Å². The maximum atomic E-state index is 11.7. The van der Waals surface area contributed by atoms with Gasteiger partial charge in [-0.1, -0.05) is 19.4 Å². The molecule has 8 heteroatoms. The average molecular weight is 444 g/mol. The van der Waals surface area contributed by atoms with Crippen molar-refractivity contribution in [1.29, 1.82) is 0 Å². The first-order chi connectivity index (χ1) is 16.0. The minimum Gasteiger partial charge on any atom is -0.507 e. The molecule has 0 amide bonds. The highest BCUT2D eigenvalue weighted by molar-refractivity contribution is 5.97. The van der Waals surface area contributed by atoms with Gasteiger partial charge in [-0.2, -0.15) is 5.21 Å². The van der Waals surface area contributed by atoms with E-state index < -0.39 is 0 Å². The zero-order valence-corrected chi connectivity index (χ0v) is 18.4. The van der Waals surface area contributed by atoms with Gasteiger partial charge in [0.1, 0.15) is 29.6 Å². The van der Waals surface area contributed by atoms with E-state index in [1.807, 2.05) is 61.5 Å². The maximum absolute atomic E-state index is 11.7. The largest absolute Gasteiger partial charge is 0.507 e. The van der Waals surface area contributed by atoms with Crippen LogP contribution in [0.5, 0.6) is 23.0 Å². The molecule has 0 spiro atoms. The van der Waals surface area contributed by atoms with Crippen molar-refractivity contribution in [3.63, 3.8) is 0 Å². The van der Waals surface area contributed by atoms with Gasteiger partial charge in [-0.3, -0.25) is 4.79 Å². The van der Waals surface area contributed by atoms with Crippen molar-refractivity contribution in [3.8, 4) is 34.4 Å². The first-order valence-corrected chi connectivity index (χ1v) is 10.6. The number of carbonyl (C=O) groups is 1. The van der Waals surface area contributed by atoms with Crippen LogP contribution in [-0.2, 0) is 13.0 Å². The molecule has 0 saturated carbocycles. The molecule has 3 aromatic carbocycles. The highest BCUT2D eigenvalue weighted by Gasteiger charge is 2.15. The molecule has 0 fully saturated rings. The molecule has 0 aliphatic heterocycles. The molecule has 1 aromatic heterocycles. The molecule has 0 atom stereocenters. The third-order valence-electron chi connectivity index (χ3n) is 5.17. The van der Waals surface area contributed by atoms with Crippen LogP contribution >= 0.6 is 0 Å². The van der Waals surface area contributed by atoms with Gasteiger partial charge in [-0.25, -0.2) is 0 Å². The monoisotopic (exact) mass is 444 g/mol. The van der Waals surface area contributed by atoms with Gasteiger partial charge in [0.25, 0.3) is 0 Å². The Morgan fingerprint density at radius 1 is 0.970 bits per heavy atom. The van der Waals surface area contributed by atoms with E-state index in [2.05, 4.69) is 20.6 Å². The number of ketones is 1. The fourth-order valence-corrected chi connectivity index (χ4v) is 3.48. The van der Waals surface area contributed by atoms with E-state index in [9.17, 15) is 9.90 Å². The third-order valence-corrected chi connectivity index (χ3v) is 5.17. The van der Waals surface area contributed by atoms with Gasteiger partial charge in [0.15, 0.2) is 5.78 Å². The Hall–Kier alpha value is -4.20. The summed E-state index contributed by atoms with van der Waals surface area (Å²) in [6.45, 7) is 3.77. The molecular weight excluding hydrogens is 420 g/mol. The number of aromatic nitrogens is 4. The number of tetrazole rings is 1. The molecule has 33 heavy (non-hydrogen) atoms. The number of hydrogen-bond acceptors (Lipinski definition) is 7. The summed E-state index contributed by atoms with van der Waals surface area (Å²) in [5.74, 6) is 2.45. The van der Waals surface area contributed by atoms with Crippen molar-refractivity contribution < 1.29 is 19.4 Å². The number of Topliss-reactive ketones (excluding diaryl/α,β-unsaturated/α-hetero) is 1. The number of nitrogens with one attached hydrogen (secondary N) is 1. The lowest BCUT2D eigenvalue weighted by atomic mass is 9.97. The number of benzene rings is 3. The van der Waals surface area contributed by atoms with Crippen molar-refractivity contribution in [3.05, 3.63) is 77.4 Å². The quantitative estimate of drug-likeness (QED) is 0.346.